The molecule has 0 aliphatic heterocycles. The second kappa shape index (κ2) is 7.41. The Morgan fingerprint density at radius 3 is 2.54 bits per heavy atom. The van der Waals surface area contributed by atoms with Crippen LogP contribution < -0.4 is 5.32 Å². The van der Waals surface area contributed by atoms with Gasteiger partial charge in [-0.2, -0.15) is 0 Å². The monoisotopic (exact) mass is 371 g/mol. The molecular formula is C20H21NO4S. The van der Waals surface area contributed by atoms with E-state index in [0.717, 1.165) is 23.3 Å². The number of amides is 1. The molecule has 136 valence electrons. The normalized spacial score (nSPS) is 18.3. The van der Waals surface area contributed by atoms with Crippen molar-refractivity contribution < 1.29 is 19.1 Å². The highest BCUT2D eigenvalue weighted by molar-refractivity contribution is 7.18. The summed E-state index contributed by atoms with van der Waals surface area (Å²) in [6.45, 7) is 5.11. The number of benzene rings is 1. The van der Waals surface area contributed by atoms with Crippen molar-refractivity contribution in [1.82, 2.24) is 0 Å². The molecule has 2 atom stereocenters. The first kappa shape index (κ1) is 18.3. The Balaban J connectivity index is 1.81. The molecule has 0 radical (unpaired) electrons. The molecule has 1 aromatic carbocycles. The van der Waals surface area contributed by atoms with E-state index in [1.807, 2.05) is 30.3 Å². The Morgan fingerprint density at radius 1 is 1.23 bits per heavy atom. The lowest BCUT2D eigenvalue weighted by Crippen LogP contribution is -2.16. The highest BCUT2D eigenvalue weighted by atomic mass is 32.1. The number of ketones is 1. The third-order valence-electron chi connectivity index (χ3n) is 4.54. The molecule has 1 aliphatic carbocycles. The van der Waals surface area contributed by atoms with E-state index in [0.29, 0.717) is 15.4 Å². The molecule has 2 aromatic rings. The quantitative estimate of drug-likeness (QED) is 0.611. The van der Waals surface area contributed by atoms with Gasteiger partial charge in [-0.15, -0.1) is 11.3 Å². The van der Waals surface area contributed by atoms with Gasteiger partial charge < -0.3 is 10.1 Å². The third kappa shape index (κ3) is 3.55. The van der Waals surface area contributed by atoms with Crippen LogP contribution in [0.25, 0.3) is 0 Å². The molecule has 1 aliphatic rings. The number of ether oxygens (including phenoxy) is 1. The molecule has 1 saturated carbocycles. The first-order valence-electron chi connectivity index (χ1n) is 8.61. The molecule has 1 N–H and O–H groups in total. The second-order valence-electron chi connectivity index (χ2n) is 6.39. The summed E-state index contributed by atoms with van der Waals surface area (Å²) in [5.41, 5.74) is 1.99. The predicted molar refractivity (Wildman–Crippen MR) is 101 cm³/mol. The van der Waals surface area contributed by atoms with Gasteiger partial charge in [-0.3, -0.25) is 9.59 Å². The largest absolute Gasteiger partial charge is 0.462 e. The van der Waals surface area contributed by atoms with Crippen molar-refractivity contribution in [1.29, 1.82) is 0 Å². The van der Waals surface area contributed by atoms with Crippen molar-refractivity contribution in [2.75, 3.05) is 11.9 Å². The maximum absolute atomic E-state index is 12.6. The third-order valence-corrected chi connectivity index (χ3v) is 5.85. The molecule has 3 rings (SSSR count). The lowest BCUT2D eigenvalue weighted by Gasteiger charge is -2.07. The molecule has 6 heteroatoms. The van der Waals surface area contributed by atoms with Gasteiger partial charge in [0.2, 0.25) is 5.91 Å². The number of carbonyl (C=O) groups excluding carboxylic acids is 3. The van der Waals surface area contributed by atoms with Crippen molar-refractivity contribution in [2.45, 2.75) is 33.1 Å². The summed E-state index contributed by atoms with van der Waals surface area (Å²) >= 11 is 1.14. The molecule has 1 heterocycles. The summed E-state index contributed by atoms with van der Waals surface area (Å²) in [5.74, 6) is -0.682. The first-order chi connectivity index (χ1) is 12.4. The van der Waals surface area contributed by atoms with Gasteiger partial charge >= 0.3 is 5.97 Å². The minimum Gasteiger partial charge on any atom is -0.462 e. The summed E-state index contributed by atoms with van der Waals surface area (Å²) in [5, 5.41) is 3.25. The summed E-state index contributed by atoms with van der Waals surface area (Å²) in [7, 11) is 0. The van der Waals surface area contributed by atoms with Crippen LogP contribution in [0.1, 0.15) is 57.3 Å². The fourth-order valence-electron chi connectivity index (χ4n) is 3.14. The van der Waals surface area contributed by atoms with Crippen LogP contribution >= 0.6 is 11.3 Å². The lowest BCUT2D eigenvalue weighted by atomic mass is 10.1. The zero-order valence-electron chi connectivity index (χ0n) is 15.0. The summed E-state index contributed by atoms with van der Waals surface area (Å²) in [6, 6.07) is 9.91. The van der Waals surface area contributed by atoms with Crippen LogP contribution in [-0.2, 0) is 9.53 Å². The lowest BCUT2D eigenvalue weighted by molar-refractivity contribution is -0.117. The molecular weight excluding hydrogens is 350 g/mol. The average molecular weight is 371 g/mol. The van der Waals surface area contributed by atoms with E-state index in [-0.39, 0.29) is 35.7 Å². The molecule has 1 aromatic heterocycles. The topological polar surface area (TPSA) is 72.5 Å². The molecule has 0 unspecified atom stereocenters. The maximum Gasteiger partial charge on any atom is 0.341 e. The number of hydrogen-bond donors (Lipinski definition) is 1. The van der Waals surface area contributed by atoms with Gasteiger partial charge in [0.25, 0.3) is 0 Å². The fraction of sp³-hybridized carbons (Fsp3) is 0.350. The van der Waals surface area contributed by atoms with Gasteiger partial charge in [-0.05, 0) is 44.2 Å². The molecule has 26 heavy (non-hydrogen) atoms. The predicted octanol–water partition coefficient (Wildman–Crippen LogP) is 4.18. The van der Waals surface area contributed by atoms with E-state index in [4.69, 9.17) is 4.74 Å². The number of Topliss-reactive ketones (excluding diaryl/α,β-unsaturated/α-hetero) is 1. The number of thiophene rings is 1. The Bertz CT molecular complexity index is 856. The van der Waals surface area contributed by atoms with Crippen LogP contribution in [0.15, 0.2) is 30.3 Å². The summed E-state index contributed by atoms with van der Waals surface area (Å²) in [6.07, 6.45) is 0.786. The number of nitrogens with one attached hydrogen (secondary N) is 1. The SMILES string of the molecule is CCOC(=O)c1c(NC(=O)[C@H]2C[C@H]2c2ccccc2)sc(C(C)=O)c1C. The van der Waals surface area contributed by atoms with Crippen molar-refractivity contribution in [3.05, 3.63) is 51.9 Å². The van der Waals surface area contributed by atoms with Crippen molar-refractivity contribution in [2.24, 2.45) is 5.92 Å². The van der Waals surface area contributed by atoms with Gasteiger partial charge in [0.1, 0.15) is 5.00 Å². The highest BCUT2D eigenvalue weighted by Gasteiger charge is 2.44. The number of hydrogen-bond acceptors (Lipinski definition) is 5. The highest BCUT2D eigenvalue weighted by Crippen LogP contribution is 2.48. The standard InChI is InChI=1S/C20H21NO4S/c1-4-25-20(24)16-11(2)17(12(3)22)26-19(16)21-18(23)15-10-14(15)13-8-6-5-7-9-13/h5-9,14-15H,4,10H2,1-3H3,(H,21,23)/t14-,15-/m0/s1. The van der Waals surface area contributed by atoms with Gasteiger partial charge in [-0.1, -0.05) is 30.3 Å². The zero-order chi connectivity index (χ0) is 18.8. The van der Waals surface area contributed by atoms with Crippen LogP contribution in [0.5, 0.6) is 0 Å². The summed E-state index contributed by atoms with van der Waals surface area (Å²) in [4.78, 5) is 37.2. The van der Waals surface area contributed by atoms with E-state index < -0.39 is 5.97 Å². The second-order valence-corrected chi connectivity index (χ2v) is 7.41. The number of esters is 1. The van der Waals surface area contributed by atoms with Crippen LogP contribution in [-0.4, -0.2) is 24.3 Å². The van der Waals surface area contributed by atoms with E-state index in [1.165, 1.54) is 6.92 Å². The molecule has 0 saturated heterocycles. The molecule has 1 amide bonds. The molecule has 1 fully saturated rings. The van der Waals surface area contributed by atoms with E-state index >= 15 is 0 Å². The van der Waals surface area contributed by atoms with Crippen molar-refractivity contribution >= 4 is 34.0 Å². The Hall–Kier alpha value is -2.47. The van der Waals surface area contributed by atoms with Crippen molar-refractivity contribution in [3.8, 4) is 0 Å². The van der Waals surface area contributed by atoms with Gasteiger partial charge in [0.05, 0.1) is 17.0 Å². The maximum atomic E-state index is 12.6. The molecule has 5 nitrogen and oxygen atoms in total. The Morgan fingerprint density at radius 2 is 1.92 bits per heavy atom. The zero-order valence-corrected chi connectivity index (χ0v) is 15.8. The molecule has 0 bridgehead atoms. The van der Waals surface area contributed by atoms with Crippen LogP contribution in [0.3, 0.4) is 0 Å². The number of anilines is 1. The van der Waals surface area contributed by atoms with Crippen LogP contribution in [0.2, 0.25) is 0 Å². The number of carbonyl (C=O) groups is 3. The number of rotatable bonds is 6. The van der Waals surface area contributed by atoms with Gasteiger partial charge in [-0.25, -0.2) is 4.79 Å². The molecule has 0 spiro atoms. The fourth-order valence-corrected chi connectivity index (χ4v) is 4.24. The average Bonchev–Trinajstić information content (AvgIpc) is 3.34. The van der Waals surface area contributed by atoms with E-state index in [9.17, 15) is 14.4 Å². The summed E-state index contributed by atoms with van der Waals surface area (Å²) < 4.78 is 5.10. The van der Waals surface area contributed by atoms with E-state index in [1.54, 1.807) is 13.8 Å². The van der Waals surface area contributed by atoms with Crippen molar-refractivity contribution in [3.63, 3.8) is 0 Å². The first-order valence-corrected chi connectivity index (χ1v) is 9.42. The van der Waals surface area contributed by atoms with Crippen LogP contribution in [0, 0.1) is 12.8 Å². The van der Waals surface area contributed by atoms with Gasteiger partial charge in [0, 0.05) is 5.92 Å². The van der Waals surface area contributed by atoms with Crippen LogP contribution in [0.4, 0.5) is 5.00 Å². The van der Waals surface area contributed by atoms with Gasteiger partial charge in [0.15, 0.2) is 5.78 Å². The minimum atomic E-state index is -0.514. The Labute approximate surface area is 156 Å². The minimum absolute atomic E-state index is 0.115. The Kier molecular flexibility index (Phi) is 5.23. The van der Waals surface area contributed by atoms with E-state index in [2.05, 4.69) is 5.32 Å². The smallest absolute Gasteiger partial charge is 0.341 e.